The Morgan fingerprint density at radius 1 is 1.11 bits per heavy atom. The van der Waals surface area contributed by atoms with Crippen LogP contribution in [0, 0.1) is 5.82 Å². The molecule has 3 aromatic rings. The van der Waals surface area contributed by atoms with Crippen molar-refractivity contribution in [2.75, 3.05) is 5.32 Å². The largest absolute Gasteiger partial charge is 0.344 e. The molecule has 1 aromatic heterocycles. The van der Waals surface area contributed by atoms with E-state index >= 15 is 0 Å². The van der Waals surface area contributed by atoms with Gasteiger partial charge in [0.1, 0.15) is 11.5 Å². The fourth-order valence-corrected chi connectivity index (χ4v) is 2.68. The van der Waals surface area contributed by atoms with Crippen LogP contribution in [0.1, 0.15) is 34.6 Å². The number of anilines is 1. The van der Waals surface area contributed by atoms with Gasteiger partial charge in [0.25, 0.3) is 5.91 Å². The molecule has 0 aliphatic carbocycles. The summed E-state index contributed by atoms with van der Waals surface area (Å²) in [6, 6.07) is 13.0. The highest BCUT2D eigenvalue weighted by Gasteiger charge is 2.14. The van der Waals surface area contributed by atoms with Crippen LogP contribution < -0.4 is 10.6 Å². The quantitative estimate of drug-likeness (QED) is 0.689. The predicted octanol–water partition coefficient (Wildman–Crippen LogP) is 3.29. The van der Waals surface area contributed by atoms with Gasteiger partial charge in [0.05, 0.1) is 18.7 Å². The van der Waals surface area contributed by atoms with Gasteiger partial charge in [0, 0.05) is 18.1 Å². The van der Waals surface area contributed by atoms with Crippen molar-refractivity contribution in [1.29, 1.82) is 0 Å². The molecule has 2 aromatic carbocycles. The summed E-state index contributed by atoms with van der Waals surface area (Å²) in [5.41, 5.74) is 1.94. The topological polar surface area (TPSA) is 84.0 Å². The second-order valence-electron chi connectivity index (χ2n) is 6.23. The molecule has 1 atom stereocenters. The van der Waals surface area contributed by atoms with Crippen LogP contribution in [-0.2, 0) is 11.2 Å². The highest BCUT2D eigenvalue weighted by atomic mass is 19.1. The summed E-state index contributed by atoms with van der Waals surface area (Å²) in [4.78, 5) is 32.3. The highest BCUT2D eigenvalue weighted by molar-refractivity contribution is 5.93. The Hall–Kier alpha value is -3.61. The van der Waals surface area contributed by atoms with Crippen molar-refractivity contribution >= 4 is 17.5 Å². The zero-order valence-electron chi connectivity index (χ0n) is 15.2. The number of carbonyl (C=O) groups is 2. The molecule has 1 unspecified atom stereocenters. The Kier molecular flexibility index (Phi) is 6.06. The van der Waals surface area contributed by atoms with Crippen molar-refractivity contribution in [3.05, 3.63) is 89.8 Å². The maximum atomic E-state index is 13.7. The average molecular weight is 378 g/mol. The predicted molar refractivity (Wildman–Crippen MR) is 103 cm³/mol. The number of benzene rings is 2. The van der Waals surface area contributed by atoms with Gasteiger partial charge in [0.2, 0.25) is 5.91 Å². The van der Waals surface area contributed by atoms with E-state index in [1.165, 1.54) is 24.7 Å². The Bertz CT molecular complexity index is 979. The molecule has 142 valence electrons. The normalized spacial score (nSPS) is 11.5. The lowest BCUT2D eigenvalue weighted by molar-refractivity contribution is -0.115. The van der Waals surface area contributed by atoms with E-state index < -0.39 is 5.82 Å². The molecule has 6 nitrogen and oxygen atoms in total. The van der Waals surface area contributed by atoms with Crippen LogP contribution in [0.2, 0.25) is 0 Å². The first kappa shape index (κ1) is 19.2. The molecular weight excluding hydrogens is 359 g/mol. The molecule has 7 heteroatoms. The smallest absolute Gasteiger partial charge is 0.271 e. The molecule has 1 heterocycles. The fourth-order valence-electron chi connectivity index (χ4n) is 2.68. The molecule has 3 rings (SSSR count). The lowest BCUT2D eigenvalue weighted by atomic mass is 10.1. The summed E-state index contributed by atoms with van der Waals surface area (Å²) in [5.74, 6) is -1.07. The maximum Gasteiger partial charge on any atom is 0.271 e. The van der Waals surface area contributed by atoms with Crippen LogP contribution in [0.15, 0.2) is 67.1 Å². The Balaban J connectivity index is 1.64. The summed E-state index contributed by atoms with van der Waals surface area (Å²) in [6.45, 7) is 1.83. The molecule has 0 aliphatic heterocycles. The van der Waals surface area contributed by atoms with Gasteiger partial charge < -0.3 is 10.6 Å². The fraction of sp³-hybridized carbons (Fsp3) is 0.143. The number of rotatable bonds is 6. The van der Waals surface area contributed by atoms with Crippen LogP contribution in [0.3, 0.4) is 0 Å². The van der Waals surface area contributed by atoms with Gasteiger partial charge in [-0.05, 0) is 36.2 Å². The van der Waals surface area contributed by atoms with Gasteiger partial charge >= 0.3 is 0 Å². The summed E-state index contributed by atoms with van der Waals surface area (Å²) in [5, 5.41) is 5.59. The van der Waals surface area contributed by atoms with Crippen molar-refractivity contribution in [1.82, 2.24) is 15.3 Å². The van der Waals surface area contributed by atoms with E-state index in [-0.39, 0.29) is 30.0 Å². The number of nitrogens with zero attached hydrogens (tertiary/aromatic N) is 2. The van der Waals surface area contributed by atoms with Crippen LogP contribution in [-0.4, -0.2) is 21.8 Å². The van der Waals surface area contributed by atoms with Gasteiger partial charge in [-0.2, -0.15) is 0 Å². The molecular formula is C21H19FN4O2. The van der Waals surface area contributed by atoms with E-state index in [0.29, 0.717) is 11.3 Å². The second-order valence-corrected chi connectivity index (χ2v) is 6.23. The SMILES string of the molecule is CC(NC(=O)c1cnccn1)c1cccc(NC(=O)Cc2ccccc2F)c1. The number of carbonyl (C=O) groups excluding carboxylic acids is 2. The summed E-state index contributed by atoms with van der Waals surface area (Å²) in [7, 11) is 0. The first-order valence-electron chi connectivity index (χ1n) is 8.73. The number of amides is 2. The monoisotopic (exact) mass is 378 g/mol. The van der Waals surface area contributed by atoms with E-state index in [9.17, 15) is 14.0 Å². The van der Waals surface area contributed by atoms with E-state index in [2.05, 4.69) is 20.6 Å². The van der Waals surface area contributed by atoms with Crippen LogP contribution in [0.5, 0.6) is 0 Å². The Morgan fingerprint density at radius 3 is 2.68 bits per heavy atom. The minimum atomic E-state index is -0.410. The standard InChI is InChI=1S/C21H19FN4O2/c1-14(25-21(28)19-13-23-9-10-24-19)15-6-4-7-17(11-15)26-20(27)12-16-5-2-3-8-18(16)22/h2-11,13-14H,12H2,1H3,(H,25,28)(H,26,27). The van der Waals surface area contributed by atoms with E-state index in [1.54, 1.807) is 36.4 Å². The molecule has 2 amide bonds. The second kappa shape index (κ2) is 8.85. The minimum absolute atomic E-state index is 0.0597. The molecule has 28 heavy (non-hydrogen) atoms. The van der Waals surface area contributed by atoms with E-state index in [4.69, 9.17) is 0 Å². The van der Waals surface area contributed by atoms with Crippen LogP contribution >= 0.6 is 0 Å². The van der Waals surface area contributed by atoms with Crippen molar-refractivity contribution < 1.29 is 14.0 Å². The van der Waals surface area contributed by atoms with Gasteiger partial charge in [-0.25, -0.2) is 9.37 Å². The Labute approximate surface area is 161 Å². The zero-order chi connectivity index (χ0) is 19.9. The van der Waals surface area contributed by atoms with Crippen molar-refractivity contribution in [3.8, 4) is 0 Å². The number of nitrogens with one attached hydrogen (secondary N) is 2. The molecule has 0 fully saturated rings. The molecule has 0 saturated carbocycles. The van der Waals surface area contributed by atoms with Gasteiger partial charge in [-0.1, -0.05) is 30.3 Å². The molecule has 0 spiro atoms. The lowest BCUT2D eigenvalue weighted by Crippen LogP contribution is -2.27. The molecule has 0 radical (unpaired) electrons. The molecule has 2 N–H and O–H groups in total. The summed E-state index contributed by atoms with van der Waals surface area (Å²) >= 11 is 0. The minimum Gasteiger partial charge on any atom is -0.344 e. The average Bonchev–Trinajstić information content (AvgIpc) is 2.70. The first-order valence-corrected chi connectivity index (χ1v) is 8.73. The zero-order valence-corrected chi connectivity index (χ0v) is 15.2. The first-order chi connectivity index (χ1) is 13.5. The third kappa shape index (κ3) is 4.97. The van der Waals surface area contributed by atoms with E-state index in [0.717, 1.165) is 5.56 Å². The Morgan fingerprint density at radius 2 is 1.93 bits per heavy atom. The van der Waals surface area contributed by atoms with Gasteiger partial charge in [-0.15, -0.1) is 0 Å². The van der Waals surface area contributed by atoms with Crippen molar-refractivity contribution in [2.24, 2.45) is 0 Å². The molecule has 0 aliphatic rings. The van der Waals surface area contributed by atoms with Crippen LogP contribution in [0.25, 0.3) is 0 Å². The third-order valence-electron chi connectivity index (χ3n) is 4.12. The lowest BCUT2D eigenvalue weighted by Gasteiger charge is -2.15. The highest BCUT2D eigenvalue weighted by Crippen LogP contribution is 2.18. The molecule has 0 saturated heterocycles. The van der Waals surface area contributed by atoms with E-state index in [1.807, 2.05) is 13.0 Å². The number of aromatic nitrogens is 2. The summed E-state index contributed by atoms with van der Waals surface area (Å²) in [6.07, 6.45) is 4.27. The van der Waals surface area contributed by atoms with Crippen molar-refractivity contribution in [2.45, 2.75) is 19.4 Å². The van der Waals surface area contributed by atoms with Crippen molar-refractivity contribution in [3.63, 3.8) is 0 Å². The van der Waals surface area contributed by atoms with Gasteiger partial charge in [0.15, 0.2) is 0 Å². The van der Waals surface area contributed by atoms with Crippen LogP contribution in [0.4, 0.5) is 10.1 Å². The molecule has 0 bridgehead atoms. The maximum absolute atomic E-state index is 13.7. The van der Waals surface area contributed by atoms with Gasteiger partial charge in [-0.3, -0.25) is 14.6 Å². The number of hydrogen-bond acceptors (Lipinski definition) is 4. The third-order valence-corrected chi connectivity index (χ3v) is 4.12. The summed E-state index contributed by atoms with van der Waals surface area (Å²) < 4.78 is 13.7. The number of halogens is 1. The number of hydrogen-bond donors (Lipinski definition) is 2.